The molecule has 0 bridgehead atoms. The number of esters is 1. The van der Waals surface area contributed by atoms with E-state index in [1.165, 1.54) is 13.0 Å². The van der Waals surface area contributed by atoms with Crippen molar-refractivity contribution in [1.29, 1.82) is 0 Å². The van der Waals surface area contributed by atoms with Crippen molar-refractivity contribution >= 4 is 19.5 Å². The Labute approximate surface area is 147 Å². The molecule has 138 valence electrons. The Morgan fingerprint density at radius 3 is 2.24 bits per heavy atom. The summed E-state index contributed by atoms with van der Waals surface area (Å²) in [5, 5.41) is 0.463. The van der Waals surface area contributed by atoms with Crippen LogP contribution in [0.1, 0.15) is 31.1 Å². The van der Waals surface area contributed by atoms with Gasteiger partial charge >= 0.3 is 13.6 Å². The Morgan fingerprint density at radius 2 is 1.76 bits per heavy atom. The SMILES string of the molecule is C=CCOC(=O)[C@](C)(NC(=O)c1ccccc1)P(=O)(OCC)OCC. The predicted octanol–water partition coefficient (Wildman–Crippen LogP) is 3.13. The van der Waals surface area contributed by atoms with Gasteiger partial charge in [-0.25, -0.2) is 4.79 Å². The molecule has 1 atom stereocenters. The Balaban J connectivity index is 3.26. The van der Waals surface area contributed by atoms with E-state index < -0.39 is 24.8 Å². The molecule has 1 N–H and O–H groups in total. The second kappa shape index (κ2) is 9.51. The summed E-state index contributed by atoms with van der Waals surface area (Å²) >= 11 is 0. The molecule has 0 radical (unpaired) electrons. The predicted molar refractivity (Wildman–Crippen MR) is 94.3 cm³/mol. The second-order valence-corrected chi connectivity index (χ2v) is 7.52. The van der Waals surface area contributed by atoms with Crippen molar-refractivity contribution < 1.29 is 27.9 Å². The minimum Gasteiger partial charge on any atom is -0.459 e. The molecule has 1 amide bonds. The van der Waals surface area contributed by atoms with E-state index in [0.29, 0.717) is 5.56 Å². The lowest BCUT2D eigenvalue weighted by atomic mass is 10.2. The normalized spacial score (nSPS) is 13.6. The quantitative estimate of drug-likeness (QED) is 0.387. The lowest BCUT2D eigenvalue weighted by Crippen LogP contribution is -2.53. The highest BCUT2D eigenvalue weighted by atomic mass is 31.2. The summed E-state index contributed by atoms with van der Waals surface area (Å²) in [5.41, 5.74) is 0.296. The summed E-state index contributed by atoms with van der Waals surface area (Å²) < 4.78 is 28.8. The number of hydrogen-bond donors (Lipinski definition) is 1. The van der Waals surface area contributed by atoms with Gasteiger partial charge in [0.15, 0.2) is 0 Å². The first-order chi connectivity index (χ1) is 11.8. The number of benzene rings is 1. The second-order valence-electron chi connectivity index (χ2n) is 5.11. The maximum atomic E-state index is 13.2. The molecule has 0 heterocycles. The number of rotatable bonds is 10. The Hall–Kier alpha value is -1.95. The van der Waals surface area contributed by atoms with Crippen molar-refractivity contribution in [2.24, 2.45) is 0 Å². The standard InChI is InChI=1S/C17H24NO6P/c1-5-13-22-16(20)17(4,25(21,23-6-2)24-7-3)18-15(19)14-11-9-8-10-12-14/h5,8-12H,1,6-7,13H2,2-4H3,(H,18,19)/t17-/m1/s1. The van der Waals surface area contributed by atoms with Crippen LogP contribution in [0.2, 0.25) is 0 Å². The van der Waals surface area contributed by atoms with Crippen LogP contribution >= 0.6 is 7.60 Å². The highest BCUT2D eigenvalue weighted by Crippen LogP contribution is 2.59. The van der Waals surface area contributed by atoms with E-state index in [1.54, 1.807) is 44.2 Å². The van der Waals surface area contributed by atoms with Gasteiger partial charge in [-0.1, -0.05) is 30.9 Å². The van der Waals surface area contributed by atoms with Crippen LogP contribution in [0.3, 0.4) is 0 Å². The van der Waals surface area contributed by atoms with Crippen molar-refractivity contribution in [3.63, 3.8) is 0 Å². The van der Waals surface area contributed by atoms with Crippen LogP contribution < -0.4 is 5.32 Å². The molecule has 0 fully saturated rings. The summed E-state index contributed by atoms with van der Waals surface area (Å²) in [6.07, 6.45) is 1.36. The number of nitrogens with one attached hydrogen (secondary N) is 1. The van der Waals surface area contributed by atoms with Gasteiger partial charge in [0.2, 0.25) is 5.28 Å². The first kappa shape index (κ1) is 21.1. The lowest BCUT2D eigenvalue weighted by Gasteiger charge is -2.34. The van der Waals surface area contributed by atoms with Gasteiger partial charge in [-0.3, -0.25) is 9.36 Å². The van der Waals surface area contributed by atoms with Crippen LogP contribution in [0.4, 0.5) is 0 Å². The monoisotopic (exact) mass is 369 g/mol. The Morgan fingerprint density at radius 1 is 1.20 bits per heavy atom. The molecule has 1 aromatic rings. The van der Waals surface area contributed by atoms with Crippen LogP contribution in [0.15, 0.2) is 43.0 Å². The number of carbonyl (C=O) groups is 2. The average molecular weight is 369 g/mol. The smallest absolute Gasteiger partial charge is 0.367 e. The fraction of sp³-hybridized carbons (Fsp3) is 0.412. The molecule has 0 aliphatic heterocycles. The molecule has 8 heteroatoms. The minimum absolute atomic E-state index is 0.0306. The summed E-state index contributed by atoms with van der Waals surface area (Å²) in [7, 11) is -4.05. The van der Waals surface area contributed by atoms with E-state index in [1.807, 2.05) is 0 Å². The van der Waals surface area contributed by atoms with Gasteiger partial charge < -0.3 is 19.1 Å². The van der Waals surface area contributed by atoms with Crippen LogP contribution in [0.25, 0.3) is 0 Å². The molecule has 1 aromatic carbocycles. The zero-order valence-electron chi connectivity index (χ0n) is 14.7. The topological polar surface area (TPSA) is 90.9 Å². The van der Waals surface area contributed by atoms with Crippen LogP contribution in [-0.2, 0) is 23.1 Å². The van der Waals surface area contributed by atoms with E-state index >= 15 is 0 Å². The molecule has 25 heavy (non-hydrogen) atoms. The van der Waals surface area contributed by atoms with E-state index in [0.717, 1.165) is 0 Å². The first-order valence-corrected chi connectivity index (χ1v) is 9.43. The van der Waals surface area contributed by atoms with Crippen molar-refractivity contribution in [3.05, 3.63) is 48.6 Å². The molecule has 0 saturated heterocycles. The van der Waals surface area contributed by atoms with Gasteiger partial charge in [-0.05, 0) is 32.9 Å². The minimum atomic E-state index is -4.05. The molecular formula is C17H24NO6P. The maximum Gasteiger partial charge on any atom is 0.367 e. The molecule has 1 rings (SSSR count). The van der Waals surface area contributed by atoms with E-state index in [-0.39, 0.29) is 19.8 Å². The Bertz CT molecular complexity index is 638. The third kappa shape index (κ3) is 5.01. The fourth-order valence-corrected chi connectivity index (χ4v) is 3.82. The van der Waals surface area contributed by atoms with Crippen LogP contribution in [0.5, 0.6) is 0 Å². The van der Waals surface area contributed by atoms with E-state index in [2.05, 4.69) is 11.9 Å². The largest absolute Gasteiger partial charge is 0.459 e. The van der Waals surface area contributed by atoms with Crippen molar-refractivity contribution in [1.82, 2.24) is 5.32 Å². The fourth-order valence-electron chi connectivity index (χ4n) is 2.02. The van der Waals surface area contributed by atoms with E-state index in [4.69, 9.17) is 13.8 Å². The number of ether oxygens (including phenoxy) is 1. The molecule has 0 aliphatic carbocycles. The van der Waals surface area contributed by atoms with E-state index in [9.17, 15) is 14.2 Å². The van der Waals surface area contributed by atoms with Gasteiger partial charge in [0.1, 0.15) is 6.61 Å². The zero-order valence-corrected chi connectivity index (χ0v) is 15.6. The lowest BCUT2D eigenvalue weighted by molar-refractivity contribution is -0.146. The molecule has 0 aromatic heterocycles. The van der Waals surface area contributed by atoms with Gasteiger partial charge in [-0.2, -0.15) is 0 Å². The summed E-state index contributed by atoms with van der Waals surface area (Å²) in [6, 6.07) is 8.23. The maximum absolute atomic E-state index is 13.2. The van der Waals surface area contributed by atoms with Gasteiger partial charge in [0.05, 0.1) is 13.2 Å². The molecule has 0 unspecified atom stereocenters. The molecule has 0 spiro atoms. The zero-order chi connectivity index (χ0) is 18.9. The molecular weight excluding hydrogens is 345 g/mol. The van der Waals surface area contributed by atoms with Crippen LogP contribution in [-0.4, -0.2) is 37.0 Å². The molecule has 7 nitrogen and oxygen atoms in total. The van der Waals surface area contributed by atoms with Crippen LogP contribution in [0, 0.1) is 0 Å². The highest BCUT2D eigenvalue weighted by molar-refractivity contribution is 7.56. The van der Waals surface area contributed by atoms with Crippen molar-refractivity contribution in [2.45, 2.75) is 26.1 Å². The number of amides is 1. The summed E-state index contributed by atoms with van der Waals surface area (Å²) in [4.78, 5) is 25.1. The molecule has 0 saturated carbocycles. The summed E-state index contributed by atoms with van der Waals surface area (Å²) in [5.74, 6) is -1.53. The molecule has 0 aliphatic rings. The summed E-state index contributed by atoms with van der Waals surface area (Å²) in [6.45, 7) is 7.91. The van der Waals surface area contributed by atoms with Gasteiger partial charge in [-0.15, -0.1) is 0 Å². The number of carbonyl (C=O) groups excluding carboxylic acids is 2. The van der Waals surface area contributed by atoms with Gasteiger partial charge in [0, 0.05) is 5.56 Å². The van der Waals surface area contributed by atoms with Gasteiger partial charge in [0.25, 0.3) is 5.91 Å². The third-order valence-electron chi connectivity index (χ3n) is 3.27. The number of hydrogen-bond acceptors (Lipinski definition) is 6. The average Bonchev–Trinajstić information content (AvgIpc) is 2.60. The van der Waals surface area contributed by atoms with Crippen molar-refractivity contribution in [2.75, 3.05) is 19.8 Å². The first-order valence-electron chi connectivity index (χ1n) is 7.89. The third-order valence-corrected chi connectivity index (χ3v) is 5.85. The Kier molecular flexibility index (Phi) is 8.03. The highest BCUT2D eigenvalue weighted by Gasteiger charge is 2.56. The van der Waals surface area contributed by atoms with Crippen molar-refractivity contribution in [3.8, 4) is 0 Å².